The fraction of sp³-hybridized carbons (Fsp3) is 0.367. The van der Waals surface area contributed by atoms with Crippen LogP contribution < -0.4 is 9.64 Å². The first-order valence-electron chi connectivity index (χ1n) is 13.4. The molecule has 3 aliphatic rings. The zero-order valence-electron chi connectivity index (χ0n) is 22.1. The zero-order chi connectivity index (χ0) is 29.1. The van der Waals surface area contributed by atoms with Gasteiger partial charge < -0.3 is 14.0 Å². The highest BCUT2D eigenvalue weighted by Gasteiger charge is 2.47. The number of hydrogen-bond donors (Lipinski definition) is 0. The second kappa shape index (κ2) is 12.0. The van der Waals surface area contributed by atoms with E-state index in [2.05, 4.69) is 0 Å². The Labute approximate surface area is 233 Å². The predicted molar refractivity (Wildman–Crippen MR) is 138 cm³/mol. The summed E-state index contributed by atoms with van der Waals surface area (Å²) in [5.41, 5.74) is 0.0979. The molecular formula is C30H29F6N2O3+. The van der Waals surface area contributed by atoms with E-state index in [0.29, 0.717) is 24.1 Å². The van der Waals surface area contributed by atoms with E-state index < -0.39 is 47.1 Å². The lowest BCUT2D eigenvalue weighted by Crippen LogP contribution is -2.65. The van der Waals surface area contributed by atoms with Gasteiger partial charge in [-0.3, -0.25) is 4.90 Å². The van der Waals surface area contributed by atoms with E-state index in [0.717, 1.165) is 67.7 Å². The van der Waals surface area contributed by atoms with Gasteiger partial charge in [-0.25, -0.2) is 31.1 Å². The molecule has 0 spiro atoms. The molecule has 0 N–H and O–H groups in total. The molecule has 0 radical (unpaired) electrons. The standard InChI is InChI=1S/C30H29F6N2O3/c31-21-3-1-4-22(15-21)37(17-19-13-26(34)29(36)27(35)14-19)30(39)41-28-18-38(10-7-20(28)8-11-38)9-2-12-40-23-5-6-24(32)25(33)16-23/h1,3-6,13-16,20,28H,2,7-12,17-18H2/q+1. The normalized spacial score (nSPS) is 21.5. The molecule has 6 rings (SSSR count). The number of nitrogens with zero attached hydrogens (tertiary/aromatic N) is 2. The van der Waals surface area contributed by atoms with Gasteiger partial charge in [-0.1, -0.05) is 6.07 Å². The van der Waals surface area contributed by atoms with Gasteiger partial charge in [0.25, 0.3) is 0 Å². The molecule has 0 aliphatic carbocycles. The van der Waals surface area contributed by atoms with Crippen LogP contribution in [0.1, 0.15) is 24.8 Å². The third-order valence-corrected chi connectivity index (χ3v) is 7.95. The maximum atomic E-state index is 14.0. The predicted octanol–water partition coefficient (Wildman–Crippen LogP) is 6.74. The van der Waals surface area contributed by atoms with Crippen LogP contribution in [0.3, 0.4) is 0 Å². The van der Waals surface area contributed by atoms with Gasteiger partial charge in [-0.05, 0) is 48.0 Å². The summed E-state index contributed by atoms with van der Waals surface area (Å²) in [7, 11) is 0. The Balaban J connectivity index is 1.25. The molecule has 0 saturated carbocycles. The summed E-state index contributed by atoms with van der Waals surface area (Å²) in [6.45, 7) is 3.01. The Morgan fingerprint density at radius 1 is 0.878 bits per heavy atom. The molecule has 1 amide bonds. The van der Waals surface area contributed by atoms with Gasteiger partial charge in [0.05, 0.1) is 38.5 Å². The minimum atomic E-state index is -1.62. The number of amides is 1. The summed E-state index contributed by atoms with van der Waals surface area (Å²) in [6, 6.07) is 10.1. The number of benzene rings is 3. The number of carbonyl (C=O) groups is 1. The van der Waals surface area contributed by atoms with Crippen LogP contribution in [0.25, 0.3) is 0 Å². The largest absolute Gasteiger partial charge is 0.493 e. The molecule has 3 heterocycles. The van der Waals surface area contributed by atoms with Gasteiger partial charge in [-0.15, -0.1) is 0 Å². The Hall–Kier alpha value is -3.73. The van der Waals surface area contributed by atoms with Crippen LogP contribution in [0.15, 0.2) is 54.6 Å². The van der Waals surface area contributed by atoms with Gasteiger partial charge in [0.2, 0.25) is 0 Å². The molecule has 3 aromatic rings. The molecule has 11 heteroatoms. The van der Waals surface area contributed by atoms with Crippen molar-refractivity contribution in [2.24, 2.45) is 5.92 Å². The quantitative estimate of drug-likeness (QED) is 0.122. The SMILES string of the molecule is O=C(OC1C[N+]2(CCCOc3ccc(F)c(F)c3)CCC1CC2)N(Cc1cc(F)c(F)c(F)c1)c1cccc(F)c1. The van der Waals surface area contributed by atoms with Gasteiger partial charge in [0.15, 0.2) is 35.2 Å². The molecule has 1 atom stereocenters. The smallest absolute Gasteiger partial charge is 0.415 e. The first-order valence-corrected chi connectivity index (χ1v) is 13.4. The average Bonchev–Trinajstić information content (AvgIpc) is 2.95. The molecular weight excluding hydrogens is 550 g/mol. The average molecular weight is 580 g/mol. The molecule has 3 aromatic carbocycles. The van der Waals surface area contributed by atoms with E-state index in [-0.39, 0.29) is 29.5 Å². The molecule has 218 valence electrons. The number of hydrogen-bond acceptors (Lipinski definition) is 3. The molecule has 0 aromatic heterocycles. The van der Waals surface area contributed by atoms with Gasteiger partial charge in [-0.2, -0.15) is 0 Å². The number of rotatable bonds is 9. The van der Waals surface area contributed by atoms with Crippen molar-refractivity contribution in [2.75, 3.05) is 37.7 Å². The Bertz CT molecular complexity index is 1390. The van der Waals surface area contributed by atoms with Crippen LogP contribution in [0.4, 0.5) is 36.8 Å². The summed E-state index contributed by atoms with van der Waals surface area (Å²) in [6.07, 6.45) is 1.06. The summed E-state index contributed by atoms with van der Waals surface area (Å²) in [5, 5.41) is 0. The topological polar surface area (TPSA) is 38.8 Å². The van der Waals surface area contributed by atoms with E-state index in [4.69, 9.17) is 9.47 Å². The van der Waals surface area contributed by atoms with Crippen molar-refractivity contribution >= 4 is 11.8 Å². The van der Waals surface area contributed by atoms with Crippen molar-refractivity contribution in [2.45, 2.75) is 31.9 Å². The Morgan fingerprint density at radius 2 is 1.61 bits per heavy atom. The van der Waals surface area contributed by atoms with Crippen LogP contribution in [-0.2, 0) is 11.3 Å². The highest BCUT2D eigenvalue weighted by molar-refractivity contribution is 5.87. The fourth-order valence-electron chi connectivity index (χ4n) is 5.81. The van der Waals surface area contributed by atoms with E-state index in [1.54, 1.807) is 0 Å². The van der Waals surface area contributed by atoms with Crippen molar-refractivity contribution < 1.29 is 45.1 Å². The molecule has 1 unspecified atom stereocenters. The van der Waals surface area contributed by atoms with Crippen LogP contribution in [0.5, 0.6) is 5.75 Å². The second-order valence-corrected chi connectivity index (χ2v) is 10.7. The number of carbonyl (C=O) groups excluding carboxylic acids is 1. The number of piperidine rings is 3. The maximum absolute atomic E-state index is 14.0. The van der Waals surface area contributed by atoms with E-state index in [9.17, 15) is 31.1 Å². The minimum Gasteiger partial charge on any atom is -0.493 e. The lowest BCUT2D eigenvalue weighted by molar-refractivity contribution is -0.946. The third kappa shape index (κ3) is 6.61. The molecule has 3 aliphatic heterocycles. The number of fused-ring (bicyclic) bond motifs is 3. The number of ether oxygens (including phenoxy) is 2. The van der Waals surface area contributed by atoms with Crippen molar-refractivity contribution in [3.05, 3.63) is 95.1 Å². The van der Waals surface area contributed by atoms with Crippen LogP contribution in [0.2, 0.25) is 0 Å². The van der Waals surface area contributed by atoms with Crippen molar-refractivity contribution in [3.8, 4) is 5.75 Å². The Morgan fingerprint density at radius 3 is 2.29 bits per heavy atom. The Kier molecular flexibility index (Phi) is 8.44. The summed E-state index contributed by atoms with van der Waals surface area (Å²) in [4.78, 5) is 14.5. The minimum absolute atomic E-state index is 0.0268. The molecule has 41 heavy (non-hydrogen) atoms. The molecule has 5 nitrogen and oxygen atoms in total. The highest BCUT2D eigenvalue weighted by atomic mass is 19.2. The monoisotopic (exact) mass is 579 g/mol. The summed E-state index contributed by atoms with van der Waals surface area (Å²) in [5.74, 6) is -6.58. The van der Waals surface area contributed by atoms with Gasteiger partial charge >= 0.3 is 6.09 Å². The van der Waals surface area contributed by atoms with E-state index >= 15 is 0 Å². The maximum Gasteiger partial charge on any atom is 0.415 e. The fourth-order valence-corrected chi connectivity index (χ4v) is 5.81. The first-order chi connectivity index (χ1) is 19.6. The zero-order valence-corrected chi connectivity index (χ0v) is 22.1. The van der Waals surface area contributed by atoms with Crippen molar-refractivity contribution in [1.82, 2.24) is 0 Å². The summed E-state index contributed by atoms with van der Waals surface area (Å²) < 4.78 is 94.1. The highest BCUT2D eigenvalue weighted by Crippen LogP contribution is 2.36. The molecule has 2 bridgehead atoms. The lowest BCUT2D eigenvalue weighted by Gasteiger charge is -2.52. The number of anilines is 1. The van der Waals surface area contributed by atoms with Crippen LogP contribution >= 0.6 is 0 Å². The third-order valence-electron chi connectivity index (χ3n) is 7.95. The first kappa shape index (κ1) is 28.8. The summed E-state index contributed by atoms with van der Waals surface area (Å²) >= 11 is 0. The van der Waals surface area contributed by atoms with Crippen LogP contribution in [0, 0.1) is 40.8 Å². The lowest BCUT2D eigenvalue weighted by atomic mass is 9.83. The van der Waals surface area contributed by atoms with E-state index in [1.165, 1.54) is 24.3 Å². The molecule has 3 fully saturated rings. The van der Waals surface area contributed by atoms with Crippen molar-refractivity contribution in [1.29, 1.82) is 0 Å². The number of quaternary nitrogens is 1. The number of halogens is 6. The van der Waals surface area contributed by atoms with Crippen molar-refractivity contribution in [3.63, 3.8) is 0 Å². The van der Waals surface area contributed by atoms with Gasteiger partial charge in [0.1, 0.15) is 18.1 Å². The van der Waals surface area contributed by atoms with E-state index in [1.807, 2.05) is 0 Å². The van der Waals surface area contributed by atoms with Gasteiger partial charge in [0, 0.05) is 31.2 Å². The second-order valence-electron chi connectivity index (χ2n) is 10.7. The van der Waals surface area contributed by atoms with Crippen LogP contribution in [-0.4, -0.2) is 49.5 Å². The molecule has 3 saturated heterocycles.